The van der Waals surface area contributed by atoms with Gasteiger partial charge in [-0.3, -0.25) is 4.79 Å². The highest BCUT2D eigenvalue weighted by molar-refractivity contribution is 5.97. The Bertz CT molecular complexity index is 591. The number of ether oxygens (including phenoxy) is 2. The standard InChI is InChI=1S/C21H34N2O3/c1-5-7-14-25-19-11-10-18(17(4)22-19)23-20(24)21(26-13-6-2)12-8-9-16(3)15-21/h10-11,16H,5-9,12-15H2,1-4H3,(H,23,24)/t16-,21-/m1/s1. The van der Waals surface area contributed by atoms with E-state index in [0.717, 1.165) is 56.3 Å². The second-order valence-corrected chi connectivity index (χ2v) is 7.48. The van der Waals surface area contributed by atoms with Crippen LogP contribution in [0.1, 0.15) is 71.4 Å². The molecule has 2 atom stereocenters. The zero-order valence-electron chi connectivity index (χ0n) is 16.8. The van der Waals surface area contributed by atoms with E-state index in [1.54, 1.807) is 0 Å². The van der Waals surface area contributed by atoms with E-state index in [-0.39, 0.29) is 5.91 Å². The first-order chi connectivity index (χ1) is 12.5. The van der Waals surface area contributed by atoms with Gasteiger partial charge < -0.3 is 14.8 Å². The first kappa shape index (κ1) is 20.7. The lowest BCUT2D eigenvalue weighted by Crippen LogP contribution is -2.49. The van der Waals surface area contributed by atoms with E-state index < -0.39 is 5.60 Å². The van der Waals surface area contributed by atoms with Crippen molar-refractivity contribution in [1.82, 2.24) is 4.98 Å². The van der Waals surface area contributed by atoms with Crippen molar-refractivity contribution in [2.75, 3.05) is 18.5 Å². The Hall–Kier alpha value is -1.62. The lowest BCUT2D eigenvalue weighted by molar-refractivity contribution is -0.148. The fourth-order valence-electron chi connectivity index (χ4n) is 3.51. The molecule has 1 aromatic rings. The van der Waals surface area contributed by atoms with Gasteiger partial charge >= 0.3 is 0 Å². The van der Waals surface area contributed by atoms with E-state index in [2.05, 4.69) is 31.1 Å². The van der Waals surface area contributed by atoms with Crippen LogP contribution >= 0.6 is 0 Å². The fraction of sp³-hybridized carbons (Fsp3) is 0.714. The summed E-state index contributed by atoms with van der Waals surface area (Å²) < 4.78 is 11.7. The van der Waals surface area contributed by atoms with Gasteiger partial charge in [-0.05, 0) is 51.0 Å². The number of carbonyl (C=O) groups excluding carboxylic acids is 1. The van der Waals surface area contributed by atoms with Crippen LogP contribution in [0.2, 0.25) is 0 Å². The van der Waals surface area contributed by atoms with Gasteiger partial charge in [0.15, 0.2) is 0 Å². The molecule has 5 nitrogen and oxygen atoms in total. The van der Waals surface area contributed by atoms with Crippen molar-refractivity contribution in [3.05, 3.63) is 17.8 Å². The minimum atomic E-state index is -0.712. The van der Waals surface area contributed by atoms with Crippen LogP contribution in [0.3, 0.4) is 0 Å². The van der Waals surface area contributed by atoms with Crippen molar-refractivity contribution in [3.63, 3.8) is 0 Å². The van der Waals surface area contributed by atoms with Gasteiger partial charge in [0.25, 0.3) is 5.91 Å². The number of unbranched alkanes of at least 4 members (excludes halogenated alkanes) is 1. The summed E-state index contributed by atoms with van der Waals surface area (Å²) in [5.41, 5.74) is 0.786. The van der Waals surface area contributed by atoms with Crippen LogP contribution in [0.5, 0.6) is 5.88 Å². The Kier molecular flexibility index (Phi) is 7.88. The molecule has 0 bridgehead atoms. The number of aromatic nitrogens is 1. The highest BCUT2D eigenvalue weighted by Crippen LogP contribution is 2.36. The van der Waals surface area contributed by atoms with E-state index in [1.807, 2.05) is 19.1 Å². The summed E-state index contributed by atoms with van der Waals surface area (Å²) in [6.45, 7) is 9.58. The van der Waals surface area contributed by atoms with E-state index >= 15 is 0 Å². The van der Waals surface area contributed by atoms with Gasteiger partial charge in [-0.1, -0.05) is 33.6 Å². The third-order valence-electron chi connectivity index (χ3n) is 5.01. The van der Waals surface area contributed by atoms with Crippen molar-refractivity contribution in [1.29, 1.82) is 0 Å². The van der Waals surface area contributed by atoms with E-state index in [1.165, 1.54) is 0 Å². The van der Waals surface area contributed by atoms with Gasteiger partial charge in [0.1, 0.15) is 5.60 Å². The van der Waals surface area contributed by atoms with Gasteiger partial charge in [0.05, 0.1) is 18.0 Å². The van der Waals surface area contributed by atoms with Crippen LogP contribution in [0.25, 0.3) is 0 Å². The van der Waals surface area contributed by atoms with Crippen LogP contribution in [-0.2, 0) is 9.53 Å². The summed E-state index contributed by atoms with van der Waals surface area (Å²) in [6, 6.07) is 3.70. The maximum absolute atomic E-state index is 13.1. The lowest BCUT2D eigenvalue weighted by Gasteiger charge is -2.38. The molecule has 5 heteroatoms. The van der Waals surface area contributed by atoms with Crippen LogP contribution in [0.15, 0.2) is 12.1 Å². The molecule has 0 aromatic carbocycles. The monoisotopic (exact) mass is 362 g/mol. The molecule has 26 heavy (non-hydrogen) atoms. The highest BCUT2D eigenvalue weighted by atomic mass is 16.5. The molecule has 0 unspecified atom stereocenters. The van der Waals surface area contributed by atoms with Crippen molar-refractivity contribution < 1.29 is 14.3 Å². The predicted octanol–water partition coefficient (Wildman–Crippen LogP) is 4.88. The van der Waals surface area contributed by atoms with Gasteiger partial charge in [0, 0.05) is 12.7 Å². The van der Waals surface area contributed by atoms with Crippen molar-refractivity contribution in [3.8, 4) is 5.88 Å². The summed E-state index contributed by atoms with van der Waals surface area (Å²) >= 11 is 0. The highest BCUT2D eigenvalue weighted by Gasteiger charge is 2.42. The molecule has 1 aromatic heterocycles. The first-order valence-electron chi connectivity index (χ1n) is 10.1. The van der Waals surface area contributed by atoms with Crippen molar-refractivity contribution in [2.24, 2.45) is 5.92 Å². The largest absolute Gasteiger partial charge is 0.478 e. The van der Waals surface area contributed by atoms with Gasteiger partial charge in [0.2, 0.25) is 5.88 Å². The van der Waals surface area contributed by atoms with Crippen LogP contribution in [0.4, 0.5) is 5.69 Å². The molecule has 0 radical (unpaired) electrons. The summed E-state index contributed by atoms with van der Waals surface area (Å²) in [5, 5.41) is 3.06. The summed E-state index contributed by atoms with van der Waals surface area (Å²) in [7, 11) is 0. The number of nitrogens with zero attached hydrogens (tertiary/aromatic N) is 1. The molecular formula is C21H34N2O3. The lowest BCUT2D eigenvalue weighted by atomic mass is 9.78. The molecule has 146 valence electrons. The molecule has 1 aliphatic carbocycles. The average molecular weight is 363 g/mol. The Labute approximate surface area is 157 Å². The van der Waals surface area contributed by atoms with E-state index in [4.69, 9.17) is 9.47 Å². The van der Waals surface area contributed by atoms with Crippen LogP contribution in [-0.4, -0.2) is 29.7 Å². The number of pyridine rings is 1. The van der Waals surface area contributed by atoms with Crippen LogP contribution in [0, 0.1) is 12.8 Å². The zero-order valence-corrected chi connectivity index (χ0v) is 16.8. The fourth-order valence-corrected chi connectivity index (χ4v) is 3.51. The normalized spacial score (nSPS) is 22.8. The third-order valence-corrected chi connectivity index (χ3v) is 5.01. The second kappa shape index (κ2) is 9.91. The molecule has 1 heterocycles. The number of nitrogens with one attached hydrogen (secondary N) is 1. The maximum Gasteiger partial charge on any atom is 0.256 e. The Morgan fingerprint density at radius 2 is 2.12 bits per heavy atom. The number of hydrogen-bond acceptors (Lipinski definition) is 4. The molecule has 0 aliphatic heterocycles. The molecule has 1 aliphatic rings. The molecule has 0 saturated heterocycles. The van der Waals surface area contributed by atoms with Gasteiger partial charge in [-0.15, -0.1) is 0 Å². The molecular weight excluding hydrogens is 328 g/mol. The maximum atomic E-state index is 13.1. The average Bonchev–Trinajstić information content (AvgIpc) is 2.62. The number of aryl methyl sites for hydroxylation is 1. The minimum absolute atomic E-state index is 0.0398. The number of amides is 1. The predicted molar refractivity (Wildman–Crippen MR) is 105 cm³/mol. The second-order valence-electron chi connectivity index (χ2n) is 7.48. The topological polar surface area (TPSA) is 60.5 Å². The Balaban J connectivity index is 2.08. The third kappa shape index (κ3) is 5.44. The molecule has 1 N–H and O–H groups in total. The molecule has 1 amide bonds. The smallest absolute Gasteiger partial charge is 0.256 e. The Morgan fingerprint density at radius 1 is 1.31 bits per heavy atom. The molecule has 1 fully saturated rings. The van der Waals surface area contributed by atoms with Crippen LogP contribution < -0.4 is 10.1 Å². The summed E-state index contributed by atoms with van der Waals surface area (Å²) in [5.74, 6) is 1.07. The summed E-state index contributed by atoms with van der Waals surface area (Å²) in [6.07, 6.45) is 6.76. The number of rotatable bonds is 9. The van der Waals surface area contributed by atoms with Crippen molar-refractivity contribution in [2.45, 2.75) is 78.2 Å². The quantitative estimate of drug-likeness (QED) is 0.636. The number of carbonyl (C=O) groups is 1. The van der Waals surface area contributed by atoms with Gasteiger partial charge in [-0.2, -0.15) is 0 Å². The zero-order chi connectivity index (χ0) is 19.0. The Morgan fingerprint density at radius 3 is 2.77 bits per heavy atom. The van der Waals surface area contributed by atoms with Crippen molar-refractivity contribution >= 4 is 11.6 Å². The molecule has 0 spiro atoms. The first-order valence-corrected chi connectivity index (χ1v) is 10.1. The molecule has 1 saturated carbocycles. The summed E-state index contributed by atoms with van der Waals surface area (Å²) in [4.78, 5) is 17.6. The van der Waals surface area contributed by atoms with E-state index in [0.29, 0.717) is 25.0 Å². The minimum Gasteiger partial charge on any atom is -0.478 e. The number of anilines is 1. The number of hydrogen-bond donors (Lipinski definition) is 1. The van der Waals surface area contributed by atoms with Gasteiger partial charge in [-0.25, -0.2) is 4.98 Å². The SMILES string of the molecule is CCCCOc1ccc(NC(=O)[C@@]2(OCCC)CCC[C@@H](C)C2)c(C)n1. The van der Waals surface area contributed by atoms with E-state index in [9.17, 15) is 4.79 Å². The molecule has 2 rings (SSSR count).